The van der Waals surface area contributed by atoms with Crippen molar-refractivity contribution in [1.82, 2.24) is 9.78 Å². The van der Waals surface area contributed by atoms with E-state index in [0.29, 0.717) is 6.04 Å². The predicted octanol–water partition coefficient (Wildman–Crippen LogP) is 2.59. The lowest BCUT2D eigenvalue weighted by Gasteiger charge is -2.14. The van der Waals surface area contributed by atoms with Gasteiger partial charge in [-0.2, -0.15) is 5.10 Å². The van der Waals surface area contributed by atoms with Crippen LogP contribution in [0.2, 0.25) is 0 Å². The van der Waals surface area contributed by atoms with Gasteiger partial charge in [-0.15, -0.1) is 0 Å². The van der Waals surface area contributed by atoms with Crippen molar-refractivity contribution in [3.63, 3.8) is 0 Å². The van der Waals surface area contributed by atoms with Crippen molar-refractivity contribution >= 4 is 5.97 Å². The molecular weight excluding hydrogens is 216 g/mol. The van der Waals surface area contributed by atoms with Crippen LogP contribution in [-0.2, 0) is 10.2 Å². The minimum atomic E-state index is -0.710. The quantitative estimate of drug-likeness (QED) is 0.874. The highest BCUT2D eigenvalue weighted by Crippen LogP contribution is 2.53. The van der Waals surface area contributed by atoms with Crippen LogP contribution in [0.5, 0.6) is 0 Å². The van der Waals surface area contributed by atoms with Crippen LogP contribution in [-0.4, -0.2) is 20.9 Å². The Morgan fingerprint density at radius 3 is 2.41 bits per heavy atom. The standard InChI is InChI=1S/C13H20N2O2/c1-8(2)15-10(4)12(9(3)14-15)13(5-6-13)7-11(16)17/h8H,5-7H2,1-4H3,(H,16,17). The second-order valence-electron chi connectivity index (χ2n) is 5.43. The number of aromatic nitrogens is 2. The molecule has 2 rings (SSSR count). The van der Waals surface area contributed by atoms with E-state index in [1.807, 2.05) is 11.6 Å². The Kier molecular flexibility index (Phi) is 2.76. The van der Waals surface area contributed by atoms with Crippen LogP contribution < -0.4 is 0 Å². The van der Waals surface area contributed by atoms with Crippen molar-refractivity contribution in [2.24, 2.45) is 0 Å². The van der Waals surface area contributed by atoms with Crippen LogP contribution >= 0.6 is 0 Å². The van der Waals surface area contributed by atoms with E-state index in [2.05, 4.69) is 25.9 Å². The molecule has 1 heterocycles. The van der Waals surface area contributed by atoms with Gasteiger partial charge in [-0.1, -0.05) is 0 Å². The van der Waals surface area contributed by atoms with Crippen LogP contribution in [0.3, 0.4) is 0 Å². The van der Waals surface area contributed by atoms with Gasteiger partial charge in [0.25, 0.3) is 0 Å². The molecule has 0 unspecified atom stereocenters. The molecule has 0 radical (unpaired) electrons. The van der Waals surface area contributed by atoms with Gasteiger partial charge in [-0.3, -0.25) is 9.48 Å². The monoisotopic (exact) mass is 236 g/mol. The van der Waals surface area contributed by atoms with Gasteiger partial charge in [0.05, 0.1) is 12.1 Å². The first kappa shape index (κ1) is 12.1. The molecule has 0 amide bonds. The van der Waals surface area contributed by atoms with E-state index in [4.69, 9.17) is 5.11 Å². The van der Waals surface area contributed by atoms with Crippen LogP contribution in [0.15, 0.2) is 0 Å². The summed E-state index contributed by atoms with van der Waals surface area (Å²) in [5.41, 5.74) is 3.17. The fourth-order valence-electron chi connectivity index (χ4n) is 2.89. The molecule has 0 bridgehead atoms. The van der Waals surface area contributed by atoms with Gasteiger partial charge in [-0.05, 0) is 40.5 Å². The van der Waals surface area contributed by atoms with Gasteiger partial charge in [0.1, 0.15) is 0 Å². The molecule has 1 N–H and O–H groups in total. The minimum Gasteiger partial charge on any atom is -0.481 e. The number of hydrogen-bond acceptors (Lipinski definition) is 2. The SMILES string of the molecule is Cc1nn(C(C)C)c(C)c1C1(CC(=O)O)CC1. The summed E-state index contributed by atoms with van der Waals surface area (Å²) in [6, 6.07) is 0.322. The number of rotatable bonds is 4. The van der Waals surface area contributed by atoms with E-state index >= 15 is 0 Å². The third kappa shape index (κ3) is 1.96. The van der Waals surface area contributed by atoms with E-state index in [1.54, 1.807) is 0 Å². The van der Waals surface area contributed by atoms with Gasteiger partial charge in [-0.25, -0.2) is 0 Å². The first-order valence-electron chi connectivity index (χ1n) is 6.15. The smallest absolute Gasteiger partial charge is 0.304 e. The Morgan fingerprint density at radius 1 is 1.47 bits per heavy atom. The fourth-order valence-corrected chi connectivity index (χ4v) is 2.89. The Labute approximate surface area is 102 Å². The number of nitrogens with zero attached hydrogens (tertiary/aromatic N) is 2. The molecule has 0 atom stereocenters. The van der Waals surface area contributed by atoms with Gasteiger partial charge < -0.3 is 5.11 Å². The average molecular weight is 236 g/mol. The number of carbonyl (C=O) groups is 1. The van der Waals surface area contributed by atoms with Crippen molar-refractivity contribution < 1.29 is 9.90 Å². The Hall–Kier alpha value is -1.32. The van der Waals surface area contributed by atoms with Crippen molar-refractivity contribution in [1.29, 1.82) is 0 Å². The fraction of sp³-hybridized carbons (Fsp3) is 0.692. The maximum absolute atomic E-state index is 11.0. The van der Waals surface area contributed by atoms with Crippen molar-refractivity contribution in [2.45, 2.75) is 58.4 Å². The molecule has 94 valence electrons. The molecule has 0 spiro atoms. The van der Waals surface area contributed by atoms with Crippen LogP contribution in [0.25, 0.3) is 0 Å². The minimum absolute atomic E-state index is 0.132. The molecule has 1 fully saturated rings. The summed E-state index contributed by atoms with van der Waals surface area (Å²) in [5.74, 6) is -0.710. The van der Waals surface area contributed by atoms with Crippen molar-refractivity contribution in [3.8, 4) is 0 Å². The lowest BCUT2D eigenvalue weighted by molar-refractivity contribution is -0.137. The van der Waals surface area contributed by atoms with Gasteiger partial charge in [0.2, 0.25) is 0 Å². The average Bonchev–Trinajstić information content (AvgIpc) is 2.86. The zero-order valence-electron chi connectivity index (χ0n) is 10.9. The topological polar surface area (TPSA) is 55.1 Å². The zero-order chi connectivity index (χ0) is 12.8. The molecule has 1 aliphatic rings. The maximum Gasteiger partial charge on any atom is 0.304 e. The Morgan fingerprint density at radius 2 is 2.06 bits per heavy atom. The Balaban J connectivity index is 2.42. The summed E-state index contributed by atoms with van der Waals surface area (Å²) in [6.45, 7) is 8.24. The molecule has 1 aromatic heterocycles. The highest BCUT2D eigenvalue weighted by Gasteiger charge is 2.49. The normalized spacial score (nSPS) is 17.5. The number of carboxylic acids is 1. The van der Waals surface area contributed by atoms with Crippen LogP contribution in [0.1, 0.15) is 56.1 Å². The first-order chi connectivity index (χ1) is 7.87. The summed E-state index contributed by atoms with van der Waals surface area (Å²) in [5, 5.41) is 13.6. The molecule has 0 saturated heterocycles. The molecule has 0 aliphatic heterocycles. The summed E-state index contributed by atoms with van der Waals surface area (Å²) >= 11 is 0. The summed E-state index contributed by atoms with van der Waals surface area (Å²) in [4.78, 5) is 11.0. The second kappa shape index (κ2) is 3.86. The molecule has 0 aromatic carbocycles. The van der Waals surface area contributed by atoms with Gasteiger partial charge >= 0.3 is 5.97 Å². The number of aryl methyl sites for hydroxylation is 1. The van der Waals surface area contributed by atoms with E-state index in [0.717, 1.165) is 24.2 Å². The van der Waals surface area contributed by atoms with E-state index in [1.165, 1.54) is 5.56 Å². The van der Waals surface area contributed by atoms with Gasteiger partial charge in [0, 0.05) is 22.7 Å². The molecule has 1 saturated carbocycles. The van der Waals surface area contributed by atoms with Crippen LogP contribution in [0.4, 0.5) is 0 Å². The number of hydrogen-bond donors (Lipinski definition) is 1. The second-order valence-corrected chi connectivity index (χ2v) is 5.43. The molecule has 1 aliphatic carbocycles. The lowest BCUT2D eigenvalue weighted by Crippen LogP contribution is -2.15. The molecular formula is C13H20N2O2. The molecule has 4 heteroatoms. The predicted molar refractivity (Wildman–Crippen MR) is 65.3 cm³/mol. The molecule has 1 aromatic rings. The molecule has 4 nitrogen and oxygen atoms in total. The summed E-state index contributed by atoms with van der Waals surface area (Å²) < 4.78 is 2.01. The van der Waals surface area contributed by atoms with Crippen LogP contribution in [0, 0.1) is 13.8 Å². The summed E-state index contributed by atoms with van der Waals surface area (Å²) in [6.07, 6.45) is 2.19. The third-order valence-electron chi connectivity index (χ3n) is 3.69. The van der Waals surface area contributed by atoms with E-state index < -0.39 is 5.97 Å². The van der Waals surface area contributed by atoms with Gasteiger partial charge in [0.15, 0.2) is 0 Å². The first-order valence-corrected chi connectivity index (χ1v) is 6.15. The van der Waals surface area contributed by atoms with E-state index in [9.17, 15) is 4.79 Å². The largest absolute Gasteiger partial charge is 0.481 e. The maximum atomic E-state index is 11.0. The third-order valence-corrected chi connectivity index (χ3v) is 3.69. The highest BCUT2D eigenvalue weighted by atomic mass is 16.4. The lowest BCUT2D eigenvalue weighted by atomic mass is 9.90. The van der Waals surface area contributed by atoms with Crippen molar-refractivity contribution in [2.75, 3.05) is 0 Å². The zero-order valence-corrected chi connectivity index (χ0v) is 10.9. The number of aliphatic carboxylic acids is 1. The molecule has 17 heavy (non-hydrogen) atoms. The van der Waals surface area contributed by atoms with Crippen molar-refractivity contribution in [3.05, 3.63) is 17.0 Å². The Bertz CT molecular complexity index is 456. The highest BCUT2D eigenvalue weighted by molar-refractivity contribution is 5.70. The van der Waals surface area contributed by atoms with E-state index in [-0.39, 0.29) is 11.8 Å². The number of carboxylic acid groups (broad SMARTS) is 1. The summed E-state index contributed by atoms with van der Waals surface area (Å²) in [7, 11) is 0.